The fraction of sp³-hybridized carbons (Fsp3) is 0.286. The fourth-order valence-electron chi connectivity index (χ4n) is 1.97. The molecule has 0 radical (unpaired) electrons. The lowest BCUT2D eigenvalue weighted by atomic mass is 10.1. The number of carboxylic acid groups (broad SMARTS) is 1. The molecule has 19 heavy (non-hydrogen) atoms. The second-order valence-corrected chi connectivity index (χ2v) is 4.07. The Morgan fingerprint density at radius 1 is 1.37 bits per heavy atom. The molecule has 5 heteroatoms. The lowest BCUT2D eigenvalue weighted by Crippen LogP contribution is -2.04. The molecule has 0 atom stereocenters. The van der Waals surface area contributed by atoms with E-state index in [0.717, 1.165) is 10.9 Å². The van der Waals surface area contributed by atoms with Crippen LogP contribution in [0, 0.1) is 0 Å². The zero-order valence-electron chi connectivity index (χ0n) is 10.8. The molecular weight excluding hydrogens is 246 g/mol. The molecule has 0 spiro atoms. The number of aromatic carboxylic acids is 1. The topological polar surface area (TPSA) is 68.7 Å². The summed E-state index contributed by atoms with van der Waals surface area (Å²) in [5.41, 5.74) is 1.58. The number of fused-ring (bicyclic) bond motifs is 1. The molecule has 1 N–H and O–H groups in total. The second kappa shape index (κ2) is 5.67. The van der Waals surface area contributed by atoms with Gasteiger partial charge in [0, 0.05) is 18.6 Å². The van der Waals surface area contributed by atoms with E-state index in [4.69, 9.17) is 14.6 Å². The number of hydrogen-bond acceptors (Lipinski definition) is 4. The fourth-order valence-corrected chi connectivity index (χ4v) is 1.97. The molecule has 0 saturated heterocycles. The van der Waals surface area contributed by atoms with Crippen molar-refractivity contribution >= 4 is 16.9 Å². The maximum Gasteiger partial charge on any atom is 0.354 e. The third kappa shape index (κ3) is 2.66. The standard InChI is InChI=1S/C14H15NO4/c1-18-7-6-9-4-3-5-10-12(19-2)8-11(14(16)17)15-13(9)10/h3-5,8H,6-7H2,1-2H3,(H,16,17). The van der Waals surface area contributed by atoms with Gasteiger partial charge in [0.15, 0.2) is 5.69 Å². The molecule has 0 aliphatic carbocycles. The molecule has 2 rings (SSSR count). The second-order valence-electron chi connectivity index (χ2n) is 4.07. The average molecular weight is 261 g/mol. The summed E-state index contributed by atoms with van der Waals surface area (Å²) in [4.78, 5) is 15.3. The minimum Gasteiger partial charge on any atom is -0.496 e. The number of para-hydroxylation sites is 1. The Bertz CT molecular complexity index is 610. The highest BCUT2D eigenvalue weighted by Crippen LogP contribution is 2.27. The van der Waals surface area contributed by atoms with Crippen LogP contribution in [0.4, 0.5) is 0 Å². The van der Waals surface area contributed by atoms with Crippen molar-refractivity contribution in [3.8, 4) is 5.75 Å². The largest absolute Gasteiger partial charge is 0.496 e. The molecule has 100 valence electrons. The lowest BCUT2D eigenvalue weighted by Gasteiger charge is -2.10. The number of aromatic nitrogens is 1. The van der Waals surface area contributed by atoms with Crippen LogP contribution in [0.1, 0.15) is 16.1 Å². The summed E-state index contributed by atoms with van der Waals surface area (Å²) in [5, 5.41) is 9.90. The van der Waals surface area contributed by atoms with Crippen LogP contribution in [-0.4, -0.2) is 36.9 Å². The summed E-state index contributed by atoms with van der Waals surface area (Å²) < 4.78 is 10.3. The van der Waals surface area contributed by atoms with E-state index in [9.17, 15) is 4.79 Å². The number of hydrogen-bond donors (Lipinski definition) is 1. The van der Waals surface area contributed by atoms with Crippen molar-refractivity contribution in [3.63, 3.8) is 0 Å². The minimum atomic E-state index is -1.07. The SMILES string of the molecule is COCCc1cccc2c(OC)cc(C(=O)O)nc12. The van der Waals surface area contributed by atoms with E-state index >= 15 is 0 Å². The molecule has 0 amide bonds. The zero-order chi connectivity index (χ0) is 13.8. The van der Waals surface area contributed by atoms with E-state index in [1.54, 1.807) is 7.11 Å². The highest BCUT2D eigenvalue weighted by Gasteiger charge is 2.13. The van der Waals surface area contributed by atoms with Crippen molar-refractivity contribution in [1.82, 2.24) is 4.98 Å². The van der Waals surface area contributed by atoms with Gasteiger partial charge in [0.1, 0.15) is 5.75 Å². The normalized spacial score (nSPS) is 10.6. The molecular formula is C14H15NO4. The van der Waals surface area contributed by atoms with Crippen molar-refractivity contribution in [2.45, 2.75) is 6.42 Å². The number of benzene rings is 1. The Morgan fingerprint density at radius 2 is 2.16 bits per heavy atom. The number of pyridine rings is 1. The Morgan fingerprint density at radius 3 is 2.79 bits per heavy atom. The average Bonchev–Trinajstić information content (AvgIpc) is 2.43. The van der Waals surface area contributed by atoms with Crippen LogP contribution in [0.25, 0.3) is 10.9 Å². The van der Waals surface area contributed by atoms with Crippen LogP contribution in [0.2, 0.25) is 0 Å². The first kappa shape index (κ1) is 13.3. The predicted molar refractivity (Wildman–Crippen MR) is 70.8 cm³/mol. The lowest BCUT2D eigenvalue weighted by molar-refractivity contribution is 0.0690. The van der Waals surface area contributed by atoms with Gasteiger partial charge in [-0.2, -0.15) is 0 Å². The molecule has 0 fully saturated rings. The summed E-state index contributed by atoms with van der Waals surface area (Å²) in [6.07, 6.45) is 0.674. The molecule has 1 aromatic heterocycles. The highest BCUT2D eigenvalue weighted by atomic mass is 16.5. The Kier molecular flexibility index (Phi) is 3.97. The maximum absolute atomic E-state index is 11.1. The smallest absolute Gasteiger partial charge is 0.354 e. The van der Waals surface area contributed by atoms with Crippen molar-refractivity contribution in [3.05, 3.63) is 35.5 Å². The summed E-state index contributed by atoms with van der Waals surface area (Å²) >= 11 is 0. The van der Waals surface area contributed by atoms with Crippen LogP contribution < -0.4 is 4.74 Å². The summed E-state index contributed by atoms with van der Waals surface area (Å²) in [5.74, 6) is -0.552. The van der Waals surface area contributed by atoms with Gasteiger partial charge in [-0.3, -0.25) is 0 Å². The molecule has 2 aromatic rings. The van der Waals surface area contributed by atoms with Gasteiger partial charge in [0.2, 0.25) is 0 Å². The molecule has 0 bridgehead atoms. The predicted octanol–water partition coefficient (Wildman–Crippen LogP) is 2.13. The Labute approximate surface area is 110 Å². The monoisotopic (exact) mass is 261 g/mol. The van der Waals surface area contributed by atoms with Crippen molar-refractivity contribution in [2.75, 3.05) is 20.8 Å². The van der Waals surface area contributed by atoms with E-state index in [0.29, 0.717) is 24.3 Å². The third-order valence-corrected chi connectivity index (χ3v) is 2.90. The van der Waals surface area contributed by atoms with Crippen LogP contribution in [0.5, 0.6) is 5.75 Å². The number of nitrogens with zero attached hydrogens (tertiary/aromatic N) is 1. The first-order valence-electron chi connectivity index (χ1n) is 5.86. The van der Waals surface area contributed by atoms with Crippen molar-refractivity contribution in [2.24, 2.45) is 0 Å². The van der Waals surface area contributed by atoms with Gasteiger partial charge in [-0.15, -0.1) is 0 Å². The zero-order valence-corrected chi connectivity index (χ0v) is 10.8. The van der Waals surface area contributed by atoms with E-state index in [1.165, 1.54) is 13.2 Å². The quantitative estimate of drug-likeness (QED) is 0.893. The van der Waals surface area contributed by atoms with Gasteiger partial charge in [-0.05, 0) is 18.1 Å². The highest BCUT2D eigenvalue weighted by molar-refractivity contribution is 5.94. The summed E-state index contributed by atoms with van der Waals surface area (Å²) in [6, 6.07) is 7.12. The van der Waals surface area contributed by atoms with Crippen molar-refractivity contribution < 1.29 is 19.4 Å². The molecule has 1 heterocycles. The molecule has 5 nitrogen and oxygen atoms in total. The van der Waals surface area contributed by atoms with Gasteiger partial charge in [-0.25, -0.2) is 9.78 Å². The van der Waals surface area contributed by atoms with Crippen LogP contribution in [0.15, 0.2) is 24.3 Å². The molecule has 0 aliphatic heterocycles. The molecule has 0 unspecified atom stereocenters. The van der Waals surface area contributed by atoms with Crippen LogP contribution in [0.3, 0.4) is 0 Å². The van der Waals surface area contributed by atoms with E-state index in [1.807, 2.05) is 18.2 Å². The van der Waals surface area contributed by atoms with E-state index < -0.39 is 5.97 Å². The summed E-state index contributed by atoms with van der Waals surface area (Å²) in [7, 11) is 3.14. The first-order valence-corrected chi connectivity index (χ1v) is 5.86. The molecule has 0 aliphatic rings. The number of rotatable bonds is 5. The molecule has 1 aromatic carbocycles. The number of methoxy groups -OCH3 is 2. The van der Waals surface area contributed by atoms with Gasteiger partial charge >= 0.3 is 5.97 Å². The van der Waals surface area contributed by atoms with Crippen molar-refractivity contribution in [1.29, 1.82) is 0 Å². The van der Waals surface area contributed by atoms with Gasteiger partial charge in [-0.1, -0.05) is 12.1 Å². The van der Waals surface area contributed by atoms with Gasteiger partial charge in [0.05, 0.1) is 19.2 Å². The van der Waals surface area contributed by atoms with E-state index in [2.05, 4.69) is 4.98 Å². The number of carbonyl (C=O) groups is 1. The van der Waals surface area contributed by atoms with Crippen LogP contribution >= 0.6 is 0 Å². The minimum absolute atomic E-state index is 0.0192. The Balaban J connectivity index is 2.64. The van der Waals surface area contributed by atoms with Crippen LogP contribution in [-0.2, 0) is 11.2 Å². The Hall–Kier alpha value is -2.14. The van der Waals surface area contributed by atoms with Gasteiger partial charge in [0.25, 0.3) is 0 Å². The number of ether oxygens (including phenoxy) is 2. The summed E-state index contributed by atoms with van der Waals surface area (Å²) in [6.45, 7) is 0.556. The number of carboxylic acids is 1. The molecule has 0 saturated carbocycles. The maximum atomic E-state index is 11.1. The first-order chi connectivity index (χ1) is 9.17. The van der Waals surface area contributed by atoms with E-state index in [-0.39, 0.29) is 5.69 Å². The third-order valence-electron chi connectivity index (χ3n) is 2.90. The van der Waals surface area contributed by atoms with Gasteiger partial charge < -0.3 is 14.6 Å².